The number of carbonyl (C=O) groups is 1. The third kappa shape index (κ3) is 2.83. The highest BCUT2D eigenvalue weighted by Gasteiger charge is 2.30. The predicted molar refractivity (Wildman–Crippen MR) is 97.5 cm³/mol. The maximum atomic E-state index is 12.3. The van der Waals surface area contributed by atoms with Crippen molar-refractivity contribution in [2.75, 3.05) is 5.32 Å². The zero-order chi connectivity index (χ0) is 17.4. The van der Waals surface area contributed by atoms with Crippen molar-refractivity contribution in [1.82, 2.24) is 9.55 Å². The van der Waals surface area contributed by atoms with Crippen LogP contribution in [0.2, 0.25) is 0 Å². The third-order valence-corrected chi connectivity index (χ3v) is 4.85. The van der Waals surface area contributed by atoms with Crippen molar-refractivity contribution in [2.45, 2.75) is 12.3 Å². The van der Waals surface area contributed by atoms with Gasteiger partial charge in [-0.05, 0) is 42.0 Å². The molecule has 1 amide bonds. The van der Waals surface area contributed by atoms with E-state index in [1.165, 1.54) is 0 Å². The van der Waals surface area contributed by atoms with E-state index in [2.05, 4.69) is 32.3 Å². The summed E-state index contributed by atoms with van der Waals surface area (Å²) < 4.78 is 2.87. The molecule has 25 heavy (non-hydrogen) atoms. The number of halogens is 1. The molecule has 0 aliphatic carbocycles. The van der Waals surface area contributed by atoms with Crippen LogP contribution in [0.15, 0.2) is 59.3 Å². The van der Waals surface area contributed by atoms with Crippen LogP contribution in [0.3, 0.4) is 0 Å². The average Bonchev–Trinajstić information content (AvgIpc) is 3.05. The van der Waals surface area contributed by atoms with Crippen LogP contribution in [0.4, 0.5) is 5.82 Å². The molecule has 122 valence electrons. The Morgan fingerprint density at radius 3 is 2.56 bits per heavy atom. The van der Waals surface area contributed by atoms with Crippen LogP contribution in [-0.4, -0.2) is 15.5 Å². The minimum Gasteiger partial charge on any atom is -0.310 e. The SMILES string of the molecule is N#Cc1ccc([C@@H]2CC(=O)Nc3c2ncn3-c2ccc(Br)cc2)cc1. The van der Waals surface area contributed by atoms with Crippen molar-refractivity contribution >= 4 is 27.7 Å². The van der Waals surface area contributed by atoms with E-state index in [0.717, 1.165) is 21.4 Å². The number of hydrogen-bond acceptors (Lipinski definition) is 3. The van der Waals surface area contributed by atoms with Gasteiger partial charge in [-0.3, -0.25) is 9.36 Å². The molecule has 0 radical (unpaired) electrons. The summed E-state index contributed by atoms with van der Waals surface area (Å²) >= 11 is 3.43. The zero-order valence-corrected chi connectivity index (χ0v) is 14.7. The van der Waals surface area contributed by atoms with Crippen molar-refractivity contribution in [1.29, 1.82) is 5.26 Å². The van der Waals surface area contributed by atoms with Gasteiger partial charge in [-0.2, -0.15) is 5.26 Å². The normalized spacial score (nSPS) is 16.0. The number of aromatic nitrogens is 2. The second-order valence-corrected chi connectivity index (χ2v) is 6.78. The topological polar surface area (TPSA) is 70.7 Å². The highest BCUT2D eigenvalue weighted by atomic mass is 79.9. The minimum absolute atomic E-state index is 0.0410. The smallest absolute Gasteiger partial charge is 0.226 e. The summed E-state index contributed by atoms with van der Waals surface area (Å²) in [5.74, 6) is 0.543. The standard InChI is InChI=1S/C19H13BrN4O/c20-14-5-7-15(8-6-14)24-11-22-18-16(9-17(25)23-19(18)24)13-3-1-12(10-21)2-4-13/h1-8,11,16H,9H2,(H,23,25)/t16-/m0/s1. The minimum atomic E-state index is -0.117. The summed E-state index contributed by atoms with van der Waals surface area (Å²) in [7, 11) is 0. The Kier molecular flexibility index (Phi) is 3.86. The molecule has 3 aromatic rings. The first-order valence-electron chi connectivity index (χ1n) is 7.79. The van der Waals surface area contributed by atoms with E-state index in [9.17, 15) is 4.79 Å². The molecule has 4 rings (SSSR count). The molecule has 0 fully saturated rings. The maximum absolute atomic E-state index is 12.3. The van der Waals surface area contributed by atoms with Crippen LogP contribution in [-0.2, 0) is 4.79 Å². The number of nitrogens with one attached hydrogen (secondary N) is 1. The lowest BCUT2D eigenvalue weighted by atomic mass is 9.89. The molecular formula is C19H13BrN4O. The van der Waals surface area contributed by atoms with Crippen LogP contribution in [0.25, 0.3) is 5.69 Å². The molecule has 1 atom stereocenters. The molecule has 1 aliphatic heterocycles. The predicted octanol–water partition coefficient (Wildman–Crippen LogP) is 3.98. The fourth-order valence-corrected chi connectivity index (χ4v) is 3.33. The molecule has 6 heteroatoms. The van der Waals surface area contributed by atoms with Gasteiger partial charge in [-0.15, -0.1) is 0 Å². The molecule has 2 aromatic carbocycles. The number of nitriles is 1. The second-order valence-electron chi connectivity index (χ2n) is 5.86. The summed E-state index contributed by atoms with van der Waals surface area (Å²) in [4.78, 5) is 16.8. The van der Waals surface area contributed by atoms with E-state index in [-0.39, 0.29) is 11.8 Å². The van der Waals surface area contributed by atoms with Crippen LogP contribution in [0.1, 0.15) is 29.2 Å². The monoisotopic (exact) mass is 392 g/mol. The molecule has 1 aliphatic rings. The van der Waals surface area contributed by atoms with E-state index >= 15 is 0 Å². The molecule has 2 heterocycles. The second kappa shape index (κ2) is 6.19. The number of rotatable bonds is 2. The molecule has 1 aromatic heterocycles. The molecule has 0 unspecified atom stereocenters. The van der Waals surface area contributed by atoms with Crippen molar-refractivity contribution in [3.8, 4) is 11.8 Å². The summed E-state index contributed by atoms with van der Waals surface area (Å²) in [5.41, 5.74) is 3.35. The van der Waals surface area contributed by atoms with Crippen LogP contribution in [0, 0.1) is 11.3 Å². The summed E-state index contributed by atoms with van der Waals surface area (Å²) in [6.07, 6.45) is 2.08. The van der Waals surface area contributed by atoms with Crippen molar-refractivity contribution in [3.63, 3.8) is 0 Å². The van der Waals surface area contributed by atoms with Gasteiger partial charge in [0.25, 0.3) is 0 Å². The number of hydrogen-bond donors (Lipinski definition) is 1. The van der Waals surface area contributed by atoms with Gasteiger partial charge in [0, 0.05) is 22.5 Å². The van der Waals surface area contributed by atoms with Crippen molar-refractivity contribution < 1.29 is 4.79 Å². The number of carbonyl (C=O) groups excluding carboxylic acids is 1. The Morgan fingerprint density at radius 1 is 1.16 bits per heavy atom. The first-order valence-corrected chi connectivity index (χ1v) is 8.58. The van der Waals surface area contributed by atoms with E-state index in [1.807, 2.05) is 41.0 Å². The van der Waals surface area contributed by atoms with E-state index < -0.39 is 0 Å². The number of anilines is 1. The summed E-state index contributed by atoms with van der Waals surface area (Å²) in [6.45, 7) is 0. The fraction of sp³-hybridized carbons (Fsp3) is 0.105. The van der Waals surface area contributed by atoms with Crippen molar-refractivity contribution in [3.05, 3.63) is 76.2 Å². The van der Waals surface area contributed by atoms with Gasteiger partial charge in [0.2, 0.25) is 5.91 Å². The van der Waals surface area contributed by atoms with Crippen LogP contribution in [0.5, 0.6) is 0 Å². The Hall–Kier alpha value is -2.91. The van der Waals surface area contributed by atoms with Gasteiger partial charge in [-0.25, -0.2) is 4.98 Å². The Morgan fingerprint density at radius 2 is 1.88 bits per heavy atom. The number of imidazole rings is 1. The van der Waals surface area contributed by atoms with Crippen LogP contribution < -0.4 is 5.32 Å². The summed E-state index contributed by atoms with van der Waals surface area (Å²) in [5, 5.41) is 11.9. The van der Waals surface area contributed by atoms with Gasteiger partial charge in [0.15, 0.2) is 0 Å². The maximum Gasteiger partial charge on any atom is 0.226 e. The average molecular weight is 393 g/mol. The highest BCUT2D eigenvalue weighted by molar-refractivity contribution is 9.10. The fourth-order valence-electron chi connectivity index (χ4n) is 3.07. The first kappa shape index (κ1) is 15.6. The molecule has 5 nitrogen and oxygen atoms in total. The number of amides is 1. The molecule has 0 spiro atoms. The molecule has 0 saturated heterocycles. The van der Waals surface area contributed by atoms with Gasteiger partial charge in [-0.1, -0.05) is 28.1 Å². The lowest BCUT2D eigenvalue weighted by Crippen LogP contribution is -2.24. The number of benzene rings is 2. The van der Waals surface area contributed by atoms with Gasteiger partial charge in [0.05, 0.1) is 17.3 Å². The zero-order valence-electron chi connectivity index (χ0n) is 13.1. The lowest BCUT2D eigenvalue weighted by molar-refractivity contribution is -0.116. The number of nitrogens with zero attached hydrogens (tertiary/aromatic N) is 3. The Bertz CT molecular complexity index is 984. The number of fused-ring (bicyclic) bond motifs is 1. The van der Waals surface area contributed by atoms with E-state index in [0.29, 0.717) is 17.8 Å². The lowest BCUT2D eigenvalue weighted by Gasteiger charge is -2.23. The van der Waals surface area contributed by atoms with Gasteiger partial charge >= 0.3 is 0 Å². The largest absolute Gasteiger partial charge is 0.310 e. The highest BCUT2D eigenvalue weighted by Crippen LogP contribution is 2.37. The first-order chi connectivity index (χ1) is 12.2. The quantitative estimate of drug-likeness (QED) is 0.716. The molecule has 1 N–H and O–H groups in total. The van der Waals surface area contributed by atoms with Crippen molar-refractivity contribution in [2.24, 2.45) is 0 Å². The van der Waals surface area contributed by atoms with E-state index in [1.54, 1.807) is 18.5 Å². The molecule has 0 bridgehead atoms. The van der Waals surface area contributed by atoms with Crippen LogP contribution >= 0.6 is 15.9 Å². The Labute approximate surface area is 153 Å². The molecular weight excluding hydrogens is 380 g/mol. The van der Waals surface area contributed by atoms with Gasteiger partial charge in [0.1, 0.15) is 12.1 Å². The third-order valence-electron chi connectivity index (χ3n) is 4.32. The Balaban J connectivity index is 1.78. The van der Waals surface area contributed by atoms with E-state index in [4.69, 9.17) is 5.26 Å². The van der Waals surface area contributed by atoms with Gasteiger partial charge < -0.3 is 5.32 Å². The summed E-state index contributed by atoms with van der Waals surface area (Å²) in [6, 6.07) is 17.3. The molecule has 0 saturated carbocycles.